The van der Waals surface area contributed by atoms with Gasteiger partial charge in [-0.3, -0.25) is 0 Å². The van der Waals surface area contributed by atoms with Gasteiger partial charge in [0.05, 0.1) is 12.2 Å². The number of esters is 1. The molecule has 2 rings (SSSR count). The third-order valence-corrected chi connectivity index (χ3v) is 3.27. The lowest BCUT2D eigenvalue weighted by Gasteiger charge is -2.38. The molecule has 1 fully saturated rings. The SMILES string of the molecule is C#CCOC1OC(=O)C(Cl)=C1N1CC(C)OC(C)C1. The van der Waals surface area contributed by atoms with Crippen molar-refractivity contribution < 1.29 is 19.0 Å². The van der Waals surface area contributed by atoms with Crippen molar-refractivity contribution in [2.45, 2.75) is 32.3 Å². The Hall–Kier alpha value is -1.22. The number of cyclic esters (lactones) is 1. The number of rotatable bonds is 3. The maximum atomic E-state index is 11.6. The topological polar surface area (TPSA) is 48.0 Å². The van der Waals surface area contributed by atoms with Crippen LogP contribution in [0.3, 0.4) is 0 Å². The van der Waals surface area contributed by atoms with Crippen LogP contribution < -0.4 is 0 Å². The second-order valence-corrected chi connectivity index (χ2v) is 4.99. The average Bonchev–Trinajstić information content (AvgIpc) is 2.61. The fraction of sp³-hybridized carbons (Fsp3) is 0.615. The maximum absolute atomic E-state index is 11.6. The van der Waals surface area contributed by atoms with Crippen LogP contribution in [0.5, 0.6) is 0 Å². The summed E-state index contributed by atoms with van der Waals surface area (Å²) in [7, 11) is 0. The number of carbonyl (C=O) groups is 1. The van der Waals surface area contributed by atoms with Gasteiger partial charge in [0.25, 0.3) is 0 Å². The molecule has 0 aliphatic carbocycles. The number of terminal acetylenes is 1. The number of hydrogen-bond donors (Lipinski definition) is 0. The zero-order chi connectivity index (χ0) is 14.0. The highest BCUT2D eigenvalue weighted by Gasteiger charge is 2.39. The summed E-state index contributed by atoms with van der Waals surface area (Å²) in [6.45, 7) is 5.24. The van der Waals surface area contributed by atoms with Crippen molar-refractivity contribution in [3.05, 3.63) is 10.7 Å². The number of ether oxygens (including phenoxy) is 3. The Bertz CT molecular complexity index is 432. The van der Waals surface area contributed by atoms with Crippen LogP contribution in [0, 0.1) is 12.3 Å². The molecule has 2 heterocycles. The van der Waals surface area contributed by atoms with Crippen molar-refractivity contribution in [2.75, 3.05) is 19.7 Å². The van der Waals surface area contributed by atoms with Crippen LogP contribution in [0.15, 0.2) is 10.7 Å². The van der Waals surface area contributed by atoms with Crippen molar-refractivity contribution in [1.29, 1.82) is 0 Å². The second kappa shape index (κ2) is 5.83. The van der Waals surface area contributed by atoms with E-state index in [1.165, 1.54) is 0 Å². The number of morpholine rings is 1. The molecule has 104 valence electrons. The normalized spacial score (nSPS) is 31.4. The molecule has 0 spiro atoms. The zero-order valence-corrected chi connectivity index (χ0v) is 11.6. The van der Waals surface area contributed by atoms with Gasteiger partial charge in [-0.15, -0.1) is 6.42 Å². The summed E-state index contributed by atoms with van der Waals surface area (Å²) in [5, 5.41) is 0.0586. The average molecular weight is 286 g/mol. The van der Waals surface area contributed by atoms with Crippen LogP contribution in [0.25, 0.3) is 0 Å². The van der Waals surface area contributed by atoms with Gasteiger partial charge in [-0.25, -0.2) is 4.79 Å². The number of hydrogen-bond acceptors (Lipinski definition) is 5. The van der Waals surface area contributed by atoms with Crippen LogP contribution in [-0.4, -0.2) is 49.1 Å². The van der Waals surface area contributed by atoms with E-state index in [0.717, 1.165) is 0 Å². The summed E-state index contributed by atoms with van der Waals surface area (Å²) in [6, 6.07) is 0. The highest BCUT2D eigenvalue weighted by Crippen LogP contribution is 2.31. The lowest BCUT2D eigenvalue weighted by atomic mass is 10.2. The molecule has 0 amide bonds. The van der Waals surface area contributed by atoms with Gasteiger partial charge in [0, 0.05) is 13.1 Å². The first-order valence-electron chi connectivity index (χ1n) is 6.09. The standard InChI is InChI=1S/C13H16ClNO4/c1-4-5-17-13-11(10(14)12(16)19-13)15-6-8(2)18-9(3)7-15/h1,8-9,13H,5-7H2,2-3H3. The summed E-state index contributed by atoms with van der Waals surface area (Å²) in [6.07, 6.45) is 4.41. The minimum Gasteiger partial charge on any atom is -0.425 e. The number of halogens is 1. The Kier molecular flexibility index (Phi) is 4.35. The van der Waals surface area contributed by atoms with E-state index in [1.807, 2.05) is 18.7 Å². The van der Waals surface area contributed by atoms with Crippen molar-refractivity contribution in [3.8, 4) is 12.3 Å². The molecule has 2 aliphatic rings. The molecule has 0 aromatic rings. The van der Waals surface area contributed by atoms with Crippen LogP contribution in [0.2, 0.25) is 0 Å². The Morgan fingerprint density at radius 1 is 1.47 bits per heavy atom. The third-order valence-electron chi connectivity index (χ3n) is 2.92. The molecule has 3 unspecified atom stereocenters. The van der Waals surface area contributed by atoms with Crippen molar-refractivity contribution in [3.63, 3.8) is 0 Å². The van der Waals surface area contributed by atoms with Gasteiger partial charge < -0.3 is 19.1 Å². The van der Waals surface area contributed by atoms with Gasteiger partial charge in [-0.1, -0.05) is 17.5 Å². The van der Waals surface area contributed by atoms with E-state index in [-0.39, 0.29) is 23.8 Å². The van der Waals surface area contributed by atoms with Crippen molar-refractivity contribution in [1.82, 2.24) is 4.90 Å². The lowest BCUT2D eigenvalue weighted by Crippen LogP contribution is -2.46. The Morgan fingerprint density at radius 2 is 2.11 bits per heavy atom. The highest BCUT2D eigenvalue weighted by molar-refractivity contribution is 6.42. The molecule has 0 N–H and O–H groups in total. The van der Waals surface area contributed by atoms with Crippen LogP contribution in [-0.2, 0) is 19.0 Å². The number of carbonyl (C=O) groups excluding carboxylic acids is 1. The predicted molar refractivity (Wildman–Crippen MR) is 69.1 cm³/mol. The molecule has 0 aromatic carbocycles. The molecule has 0 saturated carbocycles. The monoisotopic (exact) mass is 285 g/mol. The van der Waals surface area contributed by atoms with Gasteiger partial charge in [0.2, 0.25) is 6.29 Å². The van der Waals surface area contributed by atoms with Crippen molar-refractivity contribution in [2.24, 2.45) is 0 Å². The van der Waals surface area contributed by atoms with Gasteiger partial charge in [0.15, 0.2) is 5.03 Å². The Morgan fingerprint density at radius 3 is 2.68 bits per heavy atom. The van der Waals surface area contributed by atoms with Gasteiger partial charge in [-0.2, -0.15) is 0 Å². The Labute approximate surface area is 117 Å². The van der Waals surface area contributed by atoms with Gasteiger partial charge in [-0.05, 0) is 13.8 Å². The molecule has 0 bridgehead atoms. The minimum absolute atomic E-state index is 0.0460. The van der Waals surface area contributed by atoms with Gasteiger partial charge in [0.1, 0.15) is 12.3 Å². The molecule has 2 aliphatic heterocycles. The minimum atomic E-state index is -0.825. The van der Waals surface area contributed by atoms with Gasteiger partial charge >= 0.3 is 5.97 Å². The van der Waals surface area contributed by atoms with E-state index in [0.29, 0.717) is 18.8 Å². The second-order valence-electron chi connectivity index (χ2n) is 4.61. The molecule has 0 radical (unpaired) electrons. The van der Waals surface area contributed by atoms with E-state index in [2.05, 4.69) is 5.92 Å². The van der Waals surface area contributed by atoms with E-state index < -0.39 is 12.3 Å². The largest absolute Gasteiger partial charge is 0.425 e. The molecule has 3 atom stereocenters. The fourth-order valence-corrected chi connectivity index (χ4v) is 2.57. The molecule has 6 heteroatoms. The third kappa shape index (κ3) is 3.03. The van der Waals surface area contributed by atoms with E-state index in [9.17, 15) is 4.79 Å². The first-order chi connectivity index (χ1) is 9.02. The lowest BCUT2D eigenvalue weighted by molar-refractivity contribution is -0.161. The Balaban J connectivity index is 2.18. The first kappa shape index (κ1) is 14.2. The van der Waals surface area contributed by atoms with E-state index in [1.54, 1.807) is 0 Å². The summed E-state index contributed by atoms with van der Waals surface area (Å²) < 4.78 is 16.0. The van der Waals surface area contributed by atoms with E-state index >= 15 is 0 Å². The van der Waals surface area contributed by atoms with Crippen LogP contribution >= 0.6 is 11.6 Å². The molecule has 5 nitrogen and oxygen atoms in total. The zero-order valence-electron chi connectivity index (χ0n) is 10.9. The summed E-state index contributed by atoms with van der Waals surface area (Å²) >= 11 is 6.02. The maximum Gasteiger partial charge on any atom is 0.354 e. The van der Waals surface area contributed by atoms with E-state index in [4.69, 9.17) is 32.2 Å². The van der Waals surface area contributed by atoms with Crippen molar-refractivity contribution >= 4 is 17.6 Å². The first-order valence-corrected chi connectivity index (χ1v) is 6.46. The summed E-state index contributed by atoms with van der Waals surface area (Å²) in [5.74, 6) is 1.76. The van der Waals surface area contributed by atoms with Crippen LogP contribution in [0.1, 0.15) is 13.8 Å². The molecule has 1 saturated heterocycles. The smallest absolute Gasteiger partial charge is 0.354 e. The van der Waals surface area contributed by atoms with Crippen LogP contribution in [0.4, 0.5) is 0 Å². The molecular weight excluding hydrogens is 270 g/mol. The predicted octanol–water partition coefficient (Wildman–Crippen LogP) is 1.08. The summed E-state index contributed by atoms with van der Waals surface area (Å²) in [4.78, 5) is 13.5. The molecular formula is C13H16ClNO4. The quantitative estimate of drug-likeness (QED) is 0.574. The molecule has 19 heavy (non-hydrogen) atoms. The molecule has 0 aromatic heterocycles. The highest BCUT2D eigenvalue weighted by atomic mass is 35.5. The fourth-order valence-electron chi connectivity index (χ4n) is 2.31. The number of nitrogens with zero attached hydrogens (tertiary/aromatic N) is 1. The summed E-state index contributed by atoms with van der Waals surface area (Å²) in [5.41, 5.74) is 0.545.